The van der Waals surface area contributed by atoms with Crippen LogP contribution in [0.5, 0.6) is 0 Å². The summed E-state index contributed by atoms with van der Waals surface area (Å²) in [4.78, 5) is 36.2. The first kappa shape index (κ1) is 15.0. The van der Waals surface area contributed by atoms with E-state index < -0.39 is 23.8 Å². The zero-order valence-electron chi connectivity index (χ0n) is 12.1. The van der Waals surface area contributed by atoms with Gasteiger partial charge in [0.25, 0.3) is 5.56 Å². The van der Waals surface area contributed by atoms with Crippen LogP contribution < -0.4 is 11.2 Å². The smallest absolute Gasteiger partial charge is 0.333 e. The lowest BCUT2D eigenvalue weighted by Crippen LogP contribution is -2.42. The highest BCUT2D eigenvalue weighted by Gasteiger charge is 2.15. The largest absolute Gasteiger partial charge is 0.468 e. The lowest BCUT2D eigenvalue weighted by molar-refractivity contribution is -0.141. The molecule has 0 aliphatic rings. The van der Waals surface area contributed by atoms with E-state index in [0.29, 0.717) is 10.9 Å². The van der Waals surface area contributed by atoms with Crippen molar-refractivity contribution in [1.29, 1.82) is 0 Å². The van der Waals surface area contributed by atoms with Crippen molar-refractivity contribution in [3.63, 3.8) is 0 Å². The van der Waals surface area contributed by atoms with Crippen LogP contribution >= 0.6 is 0 Å². The highest BCUT2D eigenvalue weighted by Crippen LogP contribution is 2.10. The maximum Gasteiger partial charge on any atom is 0.333 e. The molecule has 0 spiro atoms. The quantitative estimate of drug-likeness (QED) is 0.755. The van der Waals surface area contributed by atoms with Gasteiger partial charge in [0.15, 0.2) is 0 Å². The van der Waals surface area contributed by atoms with Crippen molar-refractivity contribution in [2.75, 3.05) is 14.2 Å². The molecule has 0 N–H and O–H groups in total. The van der Waals surface area contributed by atoms with Gasteiger partial charge in [-0.25, -0.2) is 9.36 Å². The van der Waals surface area contributed by atoms with Gasteiger partial charge in [0, 0.05) is 7.11 Å². The topological polar surface area (TPSA) is 79.5 Å². The van der Waals surface area contributed by atoms with Crippen molar-refractivity contribution in [2.24, 2.45) is 0 Å². The Labute approximate surface area is 120 Å². The number of aromatic nitrogens is 2. The summed E-state index contributed by atoms with van der Waals surface area (Å²) in [6.45, 7) is 1.40. The fourth-order valence-electron chi connectivity index (χ4n) is 2.12. The van der Waals surface area contributed by atoms with Crippen molar-refractivity contribution >= 4 is 16.9 Å². The highest BCUT2D eigenvalue weighted by atomic mass is 16.5. The van der Waals surface area contributed by atoms with Crippen molar-refractivity contribution in [1.82, 2.24) is 9.13 Å². The lowest BCUT2D eigenvalue weighted by atomic mass is 10.1. The number of methoxy groups -OCH3 is 2. The molecule has 2 rings (SSSR count). The van der Waals surface area contributed by atoms with Gasteiger partial charge in [0.05, 0.1) is 18.0 Å². The Bertz CT molecular complexity index is 803. The number of hydrogen-bond donors (Lipinski definition) is 0. The molecular formula is C14H16N2O5. The Morgan fingerprint density at radius 1 is 1.19 bits per heavy atom. The number of carbonyl (C=O) groups is 1. The molecule has 2 aromatic rings. The van der Waals surface area contributed by atoms with Gasteiger partial charge in [-0.2, -0.15) is 0 Å². The fraction of sp³-hybridized carbons (Fsp3) is 0.357. The van der Waals surface area contributed by atoms with E-state index in [0.717, 1.165) is 10.1 Å². The second-order valence-corrected chi connectivity index (χ2v) is 4.62. The Morgan fingerprint density at radius 2 is 1.90 bits per heavy atom. The molecule has 0 aliphatic heterocycles. The molecule has 7 heteroatoms. The molecule has 1 heterocycles. The third-order valence-electron chi connectivity index (χ3n) is 3.15. The van der Waals surface area contributed by atoms with Crippen molar-refractivity contribution in [2.45, 2.75) is 20.2 Å². The number of ether oxygens (including phenoxy) is 2. The van der Waals surface area contributed by atoms with Gasteiger partial charge >= 0.3 is 11.7 Å². The first-order chi connectivity index (χ1) is 9.99. The molecule has 0 bridgehead atoms. The summed E-state index contributed by atoms with van der Waals surface area (Å²) in [5.41, 5.74) is 0.227. The van der Waals surface area contributed by atoms with Crippen LogP contribution in [-0.4, -0.2) is 29.3 Å². The maximum absolute atomic E-state index is 12.4. The molecule has 0 saturated carbocycles. The Balaban J connectivity index is 2.83. The van der Waals surface area contributed by atoms with Gasteiger partial charge in [0.1, 0.15) is 13.3 Å². The van der Waals surface area contributed by atoms with Crippen LogP contribution in [0.2, 0.25) is 0 Å². The minimum atomic E-state index is -0.662. The number of esters is 1. The summed E-state index contributed by atoms with van der Waals surface area (Å²) in [5, 5.41) is 0.357. The third-order valence-corrected chi connectivity index (χ3v) is 3.15. The predicted molar refractivity (Wildman–Crippen MR) is 76.2 cm³/mol. The second kappa shape index (κ2) is 5.92. The first-order valence-electron chi connectivity index (χ1n) is 6.29. The molecule has 0 fully saturated rings. The summed E-state index contributed by atoms with van der Waals surface area (Å²) >= 11 is 0. The van der Waals surface area contributed by atoms with Gasteiger partial charge in [0.2, 0.25) is 0 Å². The summed E-state index contributed by atoms with van der Waals surface area (Å²) in [5.74, 6) is -0.662. The fourth-order valence-corrected chi connectivity index (χ4v) is 2.12. The minimum absolute atomic E-state index is 0.0140. The van der Waals surface area contributed by atoms with Crippen molar-refractivity contribution in [3.8, 4) is 0 Å². The molecule has 1 aromatic heterocycles. The Hall–Kier alpha value is -2.41. The number of aryl methyl sites for hydroxylation is 1. The number of fused-ring (bicyclic) bond motifs is 1. The van der Waals surface area contributed by atoms with E-state index >= 15 is 0 Å². The second-order valence-electron chi connectivity index (χ2n) is 4.62. The van der Waals surface area contributed by atoms with Gasteiger partial charge in [-0.1, -0.05) is 11.6 Å². The Kier molecular flexibility index (Phi) is 4.23. The van der Waals surface area contributed by atoms with Gasteiger partial charge in [-0.15, -0.1) is 0 Å². The summed E-state index contributed by atoms with van der Waals surface area (Å²) in [6.07, 6.45) is 0. The molecule has 112 valence electrons. The van der Waals surface area contributed by atoms with E-state index in [2.05, 4.69) is 4.74 Å². The average molecular weight is 292 g/mol. The number of carbonyl (C=O) groups excluding carboxylic acids is 1. The van der Waals surface area contributed by atoms with E-state index in [1.807, 2.05) is 6.92 Å². The third kappa shape index (κ3) is 2.73. The summed E-state index contributed by atoms with van der Waals surface area (Å²) in [7, 11) is 2.65. The van der Waals surface area contributed by atoms with Crippen molar-refractivity contribution < 1.29 is 14.3 Å². The summed E-state index contributed by atoms with van der Waals surface area (Å²) in [6, 6.07) is 5.17. The van der Waals surface area contributed by atoms with Crippen LogP contribution in [0, 0.1) is 6.92 Å². The molecule has 7 nitrogen and oxygen atoms in total. The molecule has 21 heavy (non-hydrogen) atoms. The van der Waals surface area contributed by atoms with E-state index in [4.69, 9.17) is 4.74 Å². The van der Waals surface area contributed by atoms with Crippen LogP contribution in [0.3, 0.4) is 0 Å². The number of nitrogens with zero attached hydrogens (tertiary/aromatic N) is 2. The van der Waals surface area contributed by atoms with E-state index in [-0.39, 0.29) is 6.73 Å². The standard InChI is InChI=1S/C14H16N2O5/c1-9-4-5-11-10(6-9)13(18)15(7-12(17)21-3)14(19)16(11)8-20-2/h4-6H,7-8H2,1-3H3. The van der Waals surface area contributed by atoms with Crippen LogP contribution in [-0.2, 0) is 27.5 Å². The normalized spacial score (nSPS) is 10.8. The zero-order valence-corrected chi connectivity index (χ0v) is 12.1. The molecule has 0 saturated heterocycles. The van der Waals surface area contributed by atoms with Gasteiger partial charge < -0.3 is 9.47 Å². The average Bonchev–Trinajstić information content (AvgIpc) is 2.47. The first-order valence-corrected chi connectivity index (χ1v) is 6.29. The van der Waals surface area contributed by atoms with Crippen LogP contribution in [0.1, 0.15) is 5.56 Å². The van der Waals surface area contributed by atoms with E-state index in [1.165, 1.54) is 18.8 Å². The molecular weight excluding hydrogens is 276 g/mol. The monoisotopic (exact) mass is 292 g/mol. The molecule has 0 radical (unpaired) electrons. The van der Waals surface area contributed by atoms with E-state index in [9.17, 15) is 14.4 Å². The minimum Gasteiger partial charge on any atom is -0.468 e. The number of hydrogen-bond acceptors (Lipinski definition) is 5. The van der Waals surface area contributed by atoms with Gasteiger partial charge in [-0.3, -0.25) is 14.2 Å². The molecule has 0 unspecified atom stereocenters. The predicted octanol–water partition coefficient (Wildman–Crippen LogP) is 0.249. The van der Waals surface area contributed by atoms with E-state index in [1.54, 1.807) is 18.2 Å². The Morgan fingerprint density at radius 3 is 2.52 bits per heavy atom. The lowest BCUT2D eigenvalue weighted by Gasteiger charge is -2.13. The highest BCUT2D eigenvalue weighted by molar-refractivity contribution is 5.79. The number of rotatable bonds is 4. The van der Waals surface area contributed by atoms with Crippen LogP contribution in [0.15, 0.2) is 27.8 Å². The molecule has 1 aromatic carbocycles. The molecule has 0 aliphatic carbocycles. The van der Waals surface area contributed by atoms with Crippen molar-refractivity contribution in [3.05, 3.63) is 44.6 Å². The molecule has 0 atom stereocenters. The zero-order chi connectivity index (χ0) is 15.6. The van der Waals surface area contributed by atoms with Crippen LogP contribution in [0.4, 0.5) is 0 Å². The summed E-state index contributed by atoms with van der Waals surface area (Å²) < 4.78 is 11.7. The van der Waals surface area contributed by atoms with Gasteiger partial charge in [-0.05, 0) is 19.1 Å². The molecule has 0 amide bonds. The van der Waals surface area contributed by atoms with Crippen LogP contribution in [0.25, 0.3) is 10.9 Å². The SMILES string of the molecule is COCn1c(=O)n(CC(=O)OC)c(=O)c2cc(C)ccc21. The number of benzene rings is 1. The maximum atomic E-state index is 12.4.